The maximum absolute atomic E-state index is 12.8. The number of fused-ring (bicyclic) bond motifs is 1. The summed E-state index contributed by atoms with van der Waals surface area (Å²) >= 11 is 1.59. The summed E-state index contributed by atoms with van der Waals surface area (Å²) in [5, 5.41) is 7.00. The van der Waals surface area contributed by atoms with Gasteiger partial charge < -0.3 is 15.0 Å². The molecule has 2 amide bonds. The molecule has 33 heavy (non-hydrogen) atoms. The van der Waals surface area contributed by atoms with E-state index in [1.165, 1.54) is 5.56 Å². The number of nitrogens with zero attached hydrogens (tertiary/aromatic N) is 2. The molecule has 3 aromatic rings. The fourth-order valence-corrected chi connectivity index (χ4v) is 4.63. The van der Waals surface area contributed by atoms with Crippen LogP contribution in [0.4, 0.5) is 0 Å². The lowest BCUT2D eigenvalue weighted by atomic mass is 9.94. The number of rotatable bonds is 7. The Bertz CT molecular complexity index is 1150. The lowest BCUT2D eigenvalue weighted by Gasteiger charge is -2.30. The van der Waals surface area contributed by atoms with Crippen molar-refractivity contribution in [2.24, 2.45) is 0 Å². The molecule has 6 nitrogen and oxygen atoms in total. The third-order valence-corrected chi connectivity index (χ3v) is 6.58. The molecule has 0 fully saturated rings. The van der Waals surface area contributed by atoms with Gasteiger partial charge in [-0.1, -0.05) is 12.1 Å². The summed E-state index contributed by atoms with van der Waals surface area (Å²) in [6.45, 7) is 3.58. The van der Waals surface area contributed by atoms with Crippen LogP contribution in [-0.4, -0.2) is 35.4 Å². The molecular weight excluding hydrogens is 434 g/mol. The van der Waals surface area contributed by atoms with Gasteiger partial charge in [0.25, 0.3) is 0 Å². The van der Waals surface area contributed by atoms with Crippen LogP contribution < -0.4 is 10.1 Å². The van der Waals surface area contributed by atoms with Gasteiger partial charge in [0.05, 0.1) is 13.5 Å². The van der Waals surface area contributed by atoms with Gasteiger partial charge in [0.1, 0.15) is 5.75 Å². The van der Waals surface area contributed by atoms with Crippen LogP contribution in [0, 0.1) is 6.92 Å². The summed E-state index contributed by atoms with van der Waals surface area (Å²) in [4.78, 5) is 31.5. The molecule has 0 unspecified atom stereocenters. The van der Waals surface area contributed by atoms with E-state index in [2.05, 4.69) is 10.3 Å². The molecule has 1 aliphatic heterocycles. The molecule has 0 spiro atoms. The molecular formula is C26H27N3O3S. The molecule has 3 heterocycles. The number of hydrogen-bond donors (Lipinski definition) is 1. The number of methoxy groups -OCH3 is 1. The number of carbonyl (C=O) groups is 2. The summed E-state index contributed by atoms with van der Waals surface area (Å²) in [6, 6.07) is 9.54. The van der Waals surface area contributed by atoms with Crippen molar-refractivity contribution in [3.8, 4) is 5.75 Å². The zero-order valence-corrected chi connectivity index (χ0v) is 19.7. The maximum Gasteiger partial charge on any atom is 0.246 e. The molecule has 0 saturated carbocycles. The van der Waals surface area contributed by atoms with Crippen molar-refractivity contribution < 1.29 is 14.3 Å². The Kier molecular flexibility index (Phi) is 7.19. The Hall–Kier alpha value is -3.45. The van der Waals surface area contributed by atoms with E-state index in [4.69, 9.17) is 4.74 Å². The number of thiophene rings is 1. The first-order valence-electron chi connectivity index (χ1n) is 10.9. The zero-order chi connectivity index (χ0) is 23.2. The van der Waals surface area contributed by atoms with Gasteiger partial charge >= 0.3 is 0 Å². The number of carbonyl (C=O) groups excluding carboxylic acids is 2. The van der Waals surface area contributed by atoms with Crippen LogP contribution in [-0.2, 0) is 35.5 Å². The number of hydrogen-bond acceptors (Lipinski definition) is 5. The number of pyridine rings is 1. The van der Waals surface area contributed by atoms with Crippen LogP contribution in [0.15, 0.2) is 53.4 Å². The molecule has 0 atom stereocenters. The minimum absolute atomic E-state index is 0.00156. The smallest absolute Gasteiger partial charge is 0.246 e. The fraction of sp³-hybridized carbons (Fsp3) is 0.269. The topological polar surface area (TPSA) is 71.5 Å². The average Bonchev–Trinajstić information content (AvgIpc) is 3.35. The van der Waals surface area contributed by atoms with Crippen molar-refractivity contribution in [2.45, 2.75) is 32.9 Å². The van der Waals surface area contributed by atoms with Crippen LogP contribution in [0.2, 0.25) is 0 Å². The second kappa shape index (κ2) is 10.4. The Labute approximate surface area is 197 Å². The van der Waals surface area contributed by atoms with Crippen LogP contribution in [0.3, 0.4) is 0 Å². The highest BCUT2D eigenvalue weighted by molar-refractivity contribution is 7.08. The first-order chi connectivity index (χ1) is 16.0. The average molecular weight is 462 g/mol. The van der Waals surface area contributed by atoms with E-state index < -0.39 is 0 Å². The molecule has 1 aliphatic rings. The molecule has 0 aliphatic carbocycles. The third-order valence-electron chi connectivity index (χ3n) is 5.85. The zero-order valence-electron chi connectivity index (χ0n) is 18.8. The summed E-state index contributed by atoms with van der Waals surface area (Å²) in [6.07, 6.45) is 6.41. The Balaban J connectivity index is 1.39. The standard InChI is InChI=1S/C26H27N3O3S/c1-18-24(15-28-25(30)13-20-10-12-33-17-20)23-9-11-29(16-21(23)14-27-18)26(31)8-5-19-3-6-22(32-2)7-4-19/h3-8,10,12,14,17H,9,11,13,15-16H2,1-2H3,(H,28,30). The summed E-state index contributed by atoms with van der Waals surface area (Å²) < 4.78 is 5.17. The van der Waals surface area contributed by atoms with Crippen molar-refractivity contribution in [1.29, 1.82) is 0 Å². The molecule has 0 saturated heterocycles. The van der Waals surface area contributed by atoms with Crippen LogP contribution in [0.5, 0.6) is 5.75 Å². The van der Waals surface area contributed by atoms with E-state index in [-0.39, 0.29) is 11.8 Å². The lowest BCUT2D eigenvalue weighted by Crippen LogP contribution is -2.36. The summed E-state index contributed by atoms with van der Waals surface area (Å²) in [5.74, 6) is 0.761. The van der Waals surface area contributed by atoms with Gasteiger partial charge in [0.15, 0.2) is 0 Å². The normalized spacial score (nSPS) is 13.1. The number of aromatic nitrogens is 1. The first-order valence-corrected chi connectivity index (χ1v) is 11.8. The molecule has 7 heteroatoms. The minimum atomic E-state index is -0.0253. The van der Waals surface area contributed by atoms with Gasteiger partial charge in [-0.25, -0.2) is 0 Å². The van der Waals surface area contributed by atoms with Gasteiger partial charge in [-0.3, -0.25) is 14.6 Å². The van der Waals surface area contributed by atoms with Gasteiger partial charge in [-0.2, -0.15) is 11.3 Å². The second-order valence-electron chi connectivity index (χ2n) is 8.03. The van der Waals surface area contributed by atoms with Gasteiger partial charge in [-0.05, 0) is 76.2 Å². The highest BCUT2D eigenvalue weighted by Crippen LogP contribution is 2.24. The maximum atomic E-state index is 12.8. The van der Waals surface area contributed by atoms with E-state index in [1.807, 2.05) is 65.2 Å². The van der Waals surface area contributed by atoms with Crippen molar-refractivity contribution in [2.75, 3.05) is 13.7 Å². The monoisotopic (exact) mass is 461 g/mol. The number of amides is 2. The molecule has 170 valence electrons. The SMILES string of the molecule is COc1ccc(C=CC(=O)N2CCc3c(cnc(C)c3CNC(=O)Cc3ccsc3)C2)cc1. The fourth-order valence-electron chi connectivity index (χ4n) is 3.96. The molecule has 0 radical (unpaired) electrons. The summed E-state index contributed by atoms with van der Waals surface area (Å²) in [5.41, 5.74) is 6.19. The molecule has 4 rings (SSSR count). The third kappa shape index (κ3) is 5.68. The molecule has 0 bridgehead atoms. The van der Waals surface area contributed by atoms with Crippen molar-refractivity contribution in [3.05, 3.63) is 86.9 Å². The highest BCUT2D eigenvalue weighted by Gasteiger charge is 2.23. The lowest BCUT2D eigenvalue weighted by molar-refractivity contribution is -0.126. The minimum Gasteiger partial charge on any atom is -0.497 e. The van der Waals surface area contributed by atoms with Gasteiger partial charge in [0, 0.05) is 37.6 Å². The van der Waals surface area contributed by atoms with Crippen molar-refractivity contribution >= 4 is 29.2 Å². The van der Waals surface area contributed by atoms with Crippen LogP contribution in [0.25, 0.3) is 6.08 Å². The van der Waals surface area contributed by atoms with E-state index in [9.17, 15) is 9.59 Å². The first kappa shape index (κ1) is 22.7. The molecule has 1 N–H and O–H groups in total. The van der Waals surface area contributed by atoms with Gasteiger partial charge in [0.2, 0.25) is 11.8 Å². The van der Waals surface area contributed by atoms with E-state index in [0.717, 1.165) is 40.1 Å². The number of ether oxygens (including phenoxy) is 1. The van der Waals surface area contributed by atoms with Crippen LogP contribution in [0.1, 0.15) is 33.5 Å². The Morgan fingerprint density at radius 1 is 1.24 bits per heavy atom. The van der Waals surface area contributed by atoms with Crippen LogP contribution >= 0.6 is 11.3 Å². The van der Waals surface area contributed by atoms with Crippen molar-refractivity contribution in [1.82, 2.24) is 15.2 Å². The number of nitrogens with one attached hydrogen (secondary N) is 1. The van der Waals surface area contributed by atoms with Crippen molar-refractivity contribution in [3.63, 3.8) is 0 Å². The quantitative estimate of drug-likeness (QED) is 0.542. The Morgan fingerprint density at radius 2 is 2.06 bits per heavy atom. The van der Waals surface area contributed by atoms with E-state index in [0.29, 0.717) is 26.1 Å². The predicted octanol–water partition coefficient (Wildman–Crippen LogP) is 3.92. The van der Waals surface area contributed by atoms with Gasteiger partial charge in [-0.15, -0.1) is 0 Å². The molecule has 2 aromatic heterocycles. The largest absolute Gasteiger partial charge is 0.497 e. The second-order valence-corrected chi connectivity index (χ2v) is 8.81. The predicted molar refractivity (Wildman–Crippen MR) is 130 cm³/mol. The van der Waals surface area contributed by atoms with E-state index >= 15 is 0 Å². The summed E-state index contributed by atoms with van der Waals surface area (Å²) in [7, 11) is 1.63. The number of benzene rings is 1. The molecule has 1 aromatic carbocycles. The van der Waals surface area contributed by atoms with E-state index in [1.54, 1.807) is 24.5 Å². The highest BCUT2D eigenvalue weighted by atomic mass is 32.1. The number of aryl methyl sites for hydroxylation is 1. The Morgan fingerprint density at radius 3 is 2.79 bits per heavy atom.